The van der Waals surface area contributed by atoms with E-state index in [2.05, 4.69) is 31.7 Å². The van der Waals surface area contributed by atoms with Crippen LogP contribution < -0.4 is 10.6 Å². The lowest BCUT2D eigenvalue weighted by Gasteiger charge is -2.23. The van der Waals surface area contributed by atoms with E-state index in [-0.39, 0.29) is 0 Å². The maximum atomic E-state index is 5.47. The summed E-state index contributed by atoms with van der Waals surface area (Å²) in [7, 11) is 0. The molecule has 0 spiro atoms. The number of anilines is 2. The largest absolute Gasteiger partial charge is 0.379 e. The smallest absolute Gasteiger partial charge is 0.224 e. The molecule has 1 fully saturated rings. The maximum absolute atomic E-state index is 5.47. The minimum atomic E-state index is 0.340. The molecule has 2 N–H and O–H groups in total. The number of pyridine rings is 1. The summed E-state index contributed by atoms with van der Waals surface area (Å²) in [5.74, 6) is 1.49. The van der Waals surface area contributed by atoms with E-state index in [9.17, 15) is 0 Å². The molecule has 2 aromatic rings. The molecule has 1 aliphatic rings. The van der Waals surface area contributed by atoms with Gasteiger partial charge in [-0.1, -0.05) is 6.07 Å². The lowest BCUT2D eigenvalue weighted by molar-refractivity contribution is 0.0875. The van der Waals surface area contributed by atoms with Crippen molar-refractivity contribution in [2.24, 2.45) is 0 Å². The van der Waals surface area contributed by atoms with E-state index in [4.69, 9.17) is 4.74 Å². The summed E-state index contributed by atoms with van der Waals surface area (Å²) < 4.78 is 5.47. The summed E-state index contributed by atoms with van der Waals surface area (Å²) in [5, 5.41) is 6.65. The van der Waals surface area contributed by atoms with Crippen LogP contribution in [0.25, 0.3) is 0 Å². The zero-order chi connectivity index (χ0) is 15.0. The van der Waals surface area contributed by atoms with Gasteiger partial charge in [0.1, 0.15) is 5.82 Å². The molecule has 1 aliphatic heterocycles. The number of aromatic nitrogens is 3. The van der Waals surface area contributed by atoms with Gasteiger partial charge in [0.25, 0.3) is 0 Å². The maximum Gasteiger partial charge on any atom is 0.224 e. The van der Waals surface area contributed by atoms with Crippen molar-refractivity contribution in [3.63, 3.8) is 0 Å². The van der Waals surface area contributed by atoms with Crippen LogP contribution in [0.5, 0.6) is 0 Å². The topological polar surface area (TPSA) is 72.0 Å². The molecule has 6 nitrogen and oxygen atoms in total. The zero-order valence-electron chi connectivity index (χ0n) is 12.5. The fourth-order valence-corrected chi connectivity index (χ4v) is 2.45. The van der Waals surface area contributed by atoms with Crippen LogP contribution in [0.1, 0.15) is 18.4 Å². The zero-order valence-corrected chi connectivity index (χ0v) is 12.5. The highest BCUT2D eigenvalue weighted by molar-refractivity contribution is 5.40. The molecule has 3 heterocycles. The average molecular weight is 299 g/mol. The molecule has 22 heavy (non-hydrogen) atoms. The van der Waals surface area contributed by atoms with Gasteiger partial charge in [-0.3, -0.25) is 4.98 Å². The molecular formula is C16H21N5O. The summed E-state index contributed by atoms with van der Waals surface area (Å²) >= 11 is 0. The minimum Gasteiger partial charge on any atom is -0.379 e. The van der Waals surface area contributed by atoms with Crippen LogP contribution in [0, 0.1) is 0 Å². The fraction of sp³-hybridized carbons (Fsp3) is 0.438. The van der Waals surface area contributed by atoms with E-state index in [1.165, 1.54) is 5.56 Å². The Balaban J connectivity index is 1.50. The van der Waals surface area contributed by atoms with Crippen LogP contribution in [-0.4, -0.2) is 40.8 Å². The summed E-state index contributed by atoms with van der Waals surface area (Å²) in [5.41, 5.74) is 1.20. The quantitative estimate of drug-likeness (QED) is 0.851. The van der Waals surface area contributed by atoms with Crippen molar-refractivity contribution in [2.75, 3.05) is 30.4 Å². The van der Waals surface area contributed by atoms with Crippen LogP contribution in [0.3, 0.4) is 0 Å². The van der Waals surface area contributed by atoms with Gasteiger partial charge in [-0.2, -0.15) is 4.98 Å². The molecule has 1 unspecified atom stereocenters. The Labute approximate surface area is 130 Å². The van der Waals surface area contributed by atoms with E-state index in [0.717, 1.165) is 44.8 Å². The van der Waals surface area contributed by atoms with Crippen molar-refractivity contribution in [1.29, 1.82) is 0 Å². The molecule has 116 valence electrons. The predicted molar refractivity (Wildman–Crippen MR) is 85.9 cm³/mol. The lowest BCUT2D eigenvalue weighted by atomic mass is 10.1. The molecule has 0 radical (unpaired) electrons. The third-order valence-corrected chi connectivity index (χ3v) is 3.59. The van der Waals surface area contributed by atoms with E-state index in [1.807, 2.05) is 18.3 Å². The lowest BCUT2D eigenvalue weighted by Crippen LogP contribution is -2.30. The third-order valence-electron chi connectivity index (χ3n) is 3.59. The van der Waals surface area contributed by atoms with Gasteiger partial charge in [0.05, 0.1) is 12.6 Å². The molecule has 0 saturated carbocycles. The third kappa shape index (κ3) is 4.39. The first-order valence-corrected chi connectivity index (χ1v) is 7.70. The molecule has 6 heteroatoms. The predicted octanol–water partition coefficient (Wildman–Crippen LogP) is 2.12. The highest BCUT2D eigenvalue weighted by Crippen LogP contribution is 2.13. The van der Waals surface area contributed by atoms with Crippen LogP contribution in [0.2, 0.25) is 0 Å². The molecule has 3 rings (SSSR count). The Morgan fingerprint density at radius 2 is 2.27 bits per heavy atom. The molecule has 1 saturated heterocycles. The Hall–Kier alpha value is -2.21. The van der Waals surface area contributed by atoms with Gasteiger partial charge in [-0.25, -0.2) is 4.98 Å². The number of hydrogen-bond donors (Lipinski definition) is 2. The van der Waals surface area contributed by atoms with Gasteiger partial charge in [-0.05, 0) is 37.0 Å². The molecule has 0 aromatic carbocycles. The van der Waals surface area contributed by atoms with Gasteiger partial charge < -0.3 is 15.4 Å². The Kier molecular flexibility index (Phi) is 5.15. The Morgan fingerprint density at radius 3 is 3.09 bits per heavy atom. The van der Waals surface area contributed by atoms with Crippen molar-refractivity contribution in [1.82, 2.24) is 15.0 Å². The Bertz CT molecular complexity index is 572. The molecular weight excluding hydrogens is 278 g/mol. The number of rotatable bonds is 6. The SMILES string of the molecule is c1cncc(CCNc2nccc(NC3CCCOC3)n2)c1. The highest BCUT2D eigenvalue weighted by Gasteiger charge is 2.14. The van der Waals surface area contributed by atoms with E-state index < -0.39 is 0 Å². The van der Waals surface area contributed by atoms with Crippen molar-refractivity contribution in [3.05, 3.63) is 42.4 Å². The van der Waals surface area contributed by atoms with Gasteiger partial charge >= 0.3 is 0 Å². The van der Waals surface area contributed by atoms with Crippen molar-refractivity contribution in [3.8, 4) is 0 Å². The summed E-state index contributed by atoms with van der Waals surface area (Å²) in [6.07, 6.45) is 8.54. The molecule has 0 amide bonds. The fourth-order valence-electron chi connectivity index (χ4n) is 2.45. The van der Waals surface area contributed by atoms with Crippen molar-refractivity contribution >= 4 is 11.8 Å². The van der Waals surface area contributed by atoms with Crippen LogP contribution >= 0.6 is 0 Å². The number of nitrogens with one attached hydrogen (secondary N) is 2. The first-order chi connectivity index (χ1) is 10.9. The van der Waals surface area contributed by atoms with Gasteiger partial charge in [0.15, 0.2) is 0 Å². The Morgan fingerprint density at radius 1 is 1.27 bits per heavy atom. The molecule has 0 aliphatic carbocycles. The second-order valence-electron chi connectivity index (χ2n) is 5.36. The molecule has 1 atom stereocenters. The van der Waals surface area contributed by atoms with Crippen LogP contribution in [-0.2, 0) is 11.2 Å². The number of hydrogen-bond acceptors (Lipinski definition) is 6. The second-order valence-corrected chi connectivity index (χ2v) is 5.36. The molecule has 0 bridgehead atoms. The first-order valence-electron chi connectivity index (χ1n) is 7.70. The normalized spacial score (nSPS) is 17.9. The number of ether oxygens (including phenoxy) is 1. The molecule has 2 aromatic heterocycles. The highest BCUT2D eigenvalue weighted by atomic mass is 16.5. The van der Waals surface area contributed by atoms with Gasteiger partial charge in [0, 0.05) is 31.7 Å². The van der Waals surface area contributed by atoms with Crippen LogP contribution in [0.4, 0.5) is 11.8 Å². The van der Waals surface area contributed by atoms with E-state index in [1.54, 1.807) is 12.4 Å². The average Bonchev–Trinajstić information content (AvgIpc) is 2.57. The monoisotopic (exact) mass is 299 g/mol. The van der Waals surface area contributed by atoms with Gasteiger partial charge in [-0.15, -0.1) is 0 Å². The standard InChI is InChI=1S/C16H21N5O/c1-3-13(11-17-7-1)5-8-18-16-19-9-6-15(21-16)20-14-4-2-10-22-12-14/h1,3,6-7,9,11,14H,2,4-5,8,10,12H2,(H2,18,19,20,21). The summed E-state index contributed by atoms with van der Waals surface area (Å²) in [6.45, 7) is 2.39. The van der Waals surface area contributed by atoms with Gasteiger partial charge in [0.2, 0.25) is 5.95 Å². The van der Waals surface area contributed by atoms with Crippen molar-refractivity contribution < 1.29 is 4.74 Å². The van der Waals surface area contributed by atoms with Crippen LogP contribution in [0.15, 0.2) is 36.8 Å². The van der Waals surface area contributed by atoms with E-state index >= 15 is 0 Å². The summed E-state index contributed by atoms with van der Waals surface area (Å²) in [6, 6.07) is 6.24. The minimum absolute atomic E-state index is 0.340. The van der Waals surface area contributed by atoms with E-state index in [0.29, 0.717) is 12.0 Å². The van der Waals surface area contributed by atoms with Crippen molar-refractivity contribution in [2.45, 2.75) is 25.3 Å². The first kappa shape index (κ1) is 14.7. The second kappa shape index (κ2) is 7.70. The summed E-state index contributed by atoms with van der Waals surface area (Å²) in [4.78, 5) is 12.9. The number of nitrogens with zero attached hydrogens (tertiary/aromatic N) is 3.